The third kappa shape index (κ3) is 3.04. The lowest BCUT2D eigenvalue weighted by atomic mass is 9.91. The van der Waals surface area contributed by atoms with E-state index in [1.54, 1.807) is 17.4 Å². The molecule has 23 heavy (non-hydrogen) atoms. The highest BCUT2D eigenvalue weighted by molar-refractivity contribution is 6.39. The van der Waals surface area contributed by atoms with E-state index in [0.717, 1.165) is 18.5 Å². The average Bonchev–Trinajstić information content (AvgIpc) is 3.17. The van der Waals surface area contributed by atoms with Crippen LogP contribution in [0.1, 0.15) is 31.4 Å². The van der Waals surface area contributed by atoms with Gasteiger partial charge in [0.2, 0.25) is 5.78 Å². The van der Waals surface area contributed by atoms with E-state index in [1.807, 2.05) is 48.0 Å². The quantitative estimate of drug-likeness (QED) is 0.770. The Kier molecular flexibility index (Phi) is 4.55. The van der Waals surface area contributed by atoms with Gasteiger partial charge in [0.1, 0.15) is 0 Å². The van der Waals surface area contributed by atoms with Crippen molar-refractivity contribution in [2.24, 2.45) is 5.92 Å². The Hall–Kier alpha value is -2.43. The fourth-order valence-electron chi connectivity index (χ4n) is 3.34. The molecule has 2 unspecified atom stereocenters. The first-order valence-electron chi connectivity index (χ1n) is 8.08. The predicted molar refractivity (Wildman–Crippen MR) is 86.5 cm³/mol. The third-order valence-electron chi connectivity index (χ3n) is 4.48. The molecule has 1 aliphatic heterocycles. The van der Waals surface area contributed by atoms with E-state index in [-0.39, 0.29) is 23.7 Å². The number of imidazole rings is 1. The van der Waals surface area contributed by atoms with Crippen molar-refractivity contribution >= 4 is 11.7 Å². The van der Waals surface area contributed by atoms with Crippen LogP contribution in [-0.2, 0) is 16.1 Å². The molecular formula is C18H21N3O2. The summed E-state index contributed by atoms with van der Waals surface area (Å²) in [7, 11) is 0. The summed E-state index contributed by atoms with van der Waals surface area (Å²) in [5, 5.41) is 0. The molecule has 0 bridgehead atoms. The van der Waals surface area contributed by atoms with Crippen LogP contribution in [0, 0.1) is 5.92 Å². The molecule has 1 amide bonds. The number of likely N-dealkylation sites (tertiary alicyclic amines) is 1. The van der Waals surface area contributed by atoms with Crippen molar-refractivity contribution in [1.82, 2.24) is 14.5 Å². The van der Waals surface area contributed by atoms with Crippen LogP contribution in [0.3, 0.4) is 0 Å². The van der Waals surface area contributed by atoms with Gasteiger partial charge in [-0.1, -0.05) is 37.3 Å². The lowest BCUT2D eigenvalue weighted by Crippen LogP contribution is -2.31. The van der Waals surface area contributed by atoms with Gasteiger partial charge < -0.3 is 9.47 Å². The second kappa shape index (κ2) is 6.77. The summed E-state index contributed by atoms with van der Waals surface area (Å²) in [4.78, 5) is 30.5. The van der Waals surface area contributed by atoms with Crippen molar-refractivity contribution in [2.45, 2.75) is 32.4 Å². The number of hydrogen-bond donors (Lipinski definition) is 0. The minimum atomic E-state index is -0.337. The number of aryl methyl sites for hydroxylation is 1. The van der Waals surface area contributed by atoms with Gasteiger partial charge in [0.05, 0.1) is 18.3 Å². The molecule has 0 spiro atoms. The molecule has 1 aliphatic rings. The van der Waals surface area contributed by atoms with Gasteiger partial charge in [-0.3, -0.25) is 9.59 Å². The number of carbonyl (C=O) groups is 2. The number of Topliss-reactive ketones (excluding diaryl/α,β-unsaturated/α-hetero) is 1. The first kappa shape index (κ1) is 15.5. The van der Waals surface area contributed by atoms with Crippen LogP contribution in [0.4, 0.5) is 0 Å². The van der Waals surface area contributed by atoms with E-state index < -0.39 is 0 Å². The fourth-order valence-corrected chi connectivity index (χ4v) is 3.34. The Morgan fingerprint density at radius 3 is 2.57 bits per heavy atom. The first-order chi connectivity index (χ1) is 11.2. The Labute approximate surface area is 135 Å². The number of benzene rings is 1. The molecule has 0 radical (unpaired) electrons. The summed E-state index contributed by atoms with van der Waals surface area (Å²) in [5.41, 5.74) is 1.04. The van der Waals surface area contributed by atoms with Crippen LogP contribution in [0.25, 0.3) is 0 Å². The van der Waals surface area contributed by atoms with Crippen molar-refractivity contribution in [3.05, 3.63) is 54.6 Å². The standard InChI is InChI=1S/C18H21N3O2/c1-2-15-16(14-7-4-3-5-8-14)21(18(23)17(15)22)11-6-10-20-12-9-19-13-20/h3-5,7-9,12-13,15-16H,2,6,10-11H2,1H3. The molecule has 0 aliphatic carbocycles. The van der Waals surface area contributed by atoms with E-state index in [1.165, 1.54) is 0 Å². The number of ketones is 1. The largest absolute Gasteiger partial charge is 0.337 e. The highest BCUT2D eigenvalue weighted by Gasteiger charge is 2.46. The number of carbonyl (C=O) groups excluding carboxylic acids is 2. The molecule has 5 nitrogen and oxygen atoms in total. The van der Waals surface area contributed by atoms with Crippen molar-refractivity contribution < 1.29 is 9.59 Å². The Morgan fingerprint density at radius 1 is 1.13 bits per heavy atom. The molecule has 2 atom stereocenters. The zero-order valence-electron chi connectivity index (χ0n) is 13.3. The smallest absolute Gasteiger partial charge is 0.290 e. The van der Waals surface area contributed by atoms with Crippen LogP contribution in [0.5, 0.6) is 0 Å². The second-order valence-electron chi connectivity index (χ2n) is 5.89. The van der Waals surface area contributed by atoms with E-state index >= 15 is 0 Å². The molecule has 120 valence electrons. The minimum Gasteiger partial charge on any atom is -0.337 e. The lowest BCUT2D eigenvalue weighted by molar-refractivity contribution is -0.141. The number of hydrogen-bond acceptors (Lipinski definition) is 3. The molecule has 2 heterocycles. The molecule has 2 aromatic rings. The van der Waals surface area contributed by atoms with Gasteiger partial charge in [0.25, 0.3) is 5.91 Å². The summed E-state index contributed by atoms with van der Waals surface area (Å²) in [5.74, 6) is -0.821. The number of amides is 1. The lowest BCUT2D eigenvalue weighted by Gasteiger charge is -2.27. The fraction of sp³-hybridized carbons (Fsp3) is 0.389. The van der Waals surface area contributed by atoms with Gasteiger partial charge in [-0.25, -0.2) is 4.98 Å². The van der Waals surface area contributed by atoms with Crippen molar-refractivity contribution in [3.63, 3.8) is 0 Å². The maximum atomic E-state index is 12.4. The minimum absolute atomic E-state index is 0.135. The van der Waals surface area contributed by atoms with Gasteiger partial charge in [0.15, 0.2) is 0 Å². The van der Waals surface area contributed by atoms with Crippen LogP contribution in [-0.4, -0.2) is 32.7 Å². The number of nitrogens with zero attached hydrogens (tertiary/aromatic N) is 3. The molecular weight excluding hydrogens is 290 g/mol. The number of aromatic nitrogens is 2. The molecule has 3 rings (SSSR count). The summed E-state index contributed by atoms with van der Waals surface area (Å²) in [6, 6.07) is 9.73. The maximum absolute atomic E-state index is 12.4. The molecule has 1 aromatic carbocycles. The monoisotopic (exact) mass is 311 g/mol. The Balaban J connectivity index is 1.77. The van der Waals surface area contributed by atoms with Crippen molar-refractivity contribution in [2.75, 3.05) is 6.54 Å². The highest BCUT2D eigenvalue weighted by atomic mass is 16.2. The van der Waals surface area contributed by atoms with Crippen LogP contribution < -0.4 is 0 Å². The van der Waals surface area contributed by atoms with E-state index in [4.69, 9.17) is 0 Å². The molecule has 1 fully saturated rings. The van der Waals surface area contributed by atoms with Crippen molar-refractivity contribution in [1.29, 1.82) is 0 Å². The third-order valence-corrected chi connectivity index (χ3v) is 4.48. The van der Waals surface area contributed by atoms with Gasteiger partial charge in [-0.2, -0.15) is 0 Å². The number of rotatable bonds is 6. The van der Waals surface area contributed by atoms with Crippen LogP contribution >= 0.6 is 0 Å². The molecule has 0 saturated carbocycles. The molecule has 1 saturated heterocycles. The Morgan fingerprint density at radius 2 is 1.91 bits per heavy atom. The predicted octanol–water partition coefficient (Wildman–Crippen LogP) is 2.45. The van der Waals surface area contributed by atoms with E-state index in [2.05, 4.69) is 4.98 Å². The molecule has 5 heteroatoms. The van der Waals surface area contributed by atoms with Gasteiger partial charge in [0, 0.05) is 25.5 Å². The van der Waals surface area contributed by atoms with Gasteiger partial charge in [-0.15, -0.1) is 0 Å². The van der Waals surface area contributed by atoms with Crippen LogP contribution in [0.2, 0.25) is 0 Å². The zero-order valence-corrected chi connectivity index (χ0v) is 13.3. The second-order valence-corrected chi connectivity index (χ2v) is 5.89. The van der Waals surface area contributed by atoms with Gasteiger partial charge >= 0.3 is 0 Å². The normalized spacial score (nSPS) is 21.2. The summed E-state index contributed by atoms with van der Waals surface area (Å²) in [6.45, 7) is 3.34. The molecule has 1 aromatic heterocycles. The zero-order chi connectivity index (χ0) is 16.2. The Bertz CT molecular complexity index is 667. The van der Waals surface area contributed by atoms with Gasteiger partial charge in [-0.05, 0) is 18.4 Å². The van der Waals surface area contributed by atoms with E-state index in [0.29, 0.717) is 13.0 Å². The maximum Gasteiger partial charge on any atom is 0.290 e. The molecule has 0 N–H and O–H groups in total. The SMILES string of the molecule is CCC1C(=O)C(=O)N(CCCn2ccnc2)C1c1ccccc1. The first-order valence-corrected chi connectivity index (χ1v) is 8.08. The van der Waals surface area contributed by atoms with Crippen LogP contribution in [0.15, 0.2) is 49.1 Å². The topological polar surface area (TPSA) is 55.2 Å². The average molecular weight is 311 g/mol. The summed E-state index contributed by atoms with van der Waals surface area (Å²) in [6.07, 6.45) is 6.89. The summed E-state index contributed by atoms with van der Waals surface area (Å²) >= 11 is 0. The van der Waals surface area contributed by atoms with E-state index in [9.17, 15) is 9.59 Å². The highest BCUT2D eigenvalue weighted by Crippen LogP contribution is 2.37. The summed E-state index contributed by atoms with van der Waals surface area (Å²) < 4.78 is 1.98. The van der Waals surface area contributed by atoms with Crippen molar-refractivity contribution in [3.8, 4) is 0 Å².